The summed E-state index contributed by atoms with van der Waals surface area (Å²) in [4.78, 5) is 14.3. The zero-order chi connectivity index (χ0) is 11.5. The van der Waals surface area contributed by atoms with Crippen LogP contribution in [-0.2, 0) is 9.53 Å². The van der Waals surface area contributed by atoms with E-state index in [1.54, 1.807) is 0 Å². The van der Waals surface area contributed by atoms with Gasteiger partial charge in [0.2, 0.25) is 5.91 Å². The Morgan fingerprint density at radius 1 is 1.50 bits per heavy atom. The van der Waals surface area contributed by atoms with Crippen molar-refractivity contribution >= 4 is 5.91 Å². The van der Waals surface area contributed by atoms with Crippen molar-refractivity contribution in [3.05, 3.63) is 0 Å². The average Bonchev–Trinajstić information content (AvgIpc) is 2.74. The van der Waals surface area contributed by atoms with Crippen molar-refractivity contribution in [2.75, 3.05) is 26.2 Å². The number of nitrogens with zero attached hydrogens (tertiary/aromatic N) is 1. The topological polar surface area (TPSA) is 55.6 Å². The van der Waals surface area contributed by atoms with E-state index in [1.807, 2.05) is 11.8 Å². The molecule has 4 heteroatoms. The van der Waals surface area contributed by atoms with Gasteiger partial charge in [0.25, 0.3) is 0 Å². The third-order valence-corrected chi connectivity index (χ3v) is 3.86. The highest BCUT2D eigenvalue weighted by Crippen LogP contribution is 2.25. The summed E-state index contributed by atoms with van der Waals surface area (Å²) in [6, 6.07) is 0. The summed E-state index contributed by atoms with van der Waals surface area (Å²) < 4.78 is 5.46. The Bertz CT molecular complexity index is 257. The summed E-state index contributed by atoms with van der Waals surface area (Å²) >= 11 is 0. The predicted molar refractivity (Wildman–Crippen MR) is 61.9 cm³/mol. The molecule has 4 nitrogen and oxygen atoms in total. The molecule has 1 amide bonds. The van der Waals surface area contributed by atoms with Crippen LogP contribution in [0.3, 0.4) is 0 Å². The lowest BCUT2D eigenvalue weighted by molar-refractivity contribution is -0.138. The molecule has 0 saturated carbocycles. The molecular weight excluding hydrogens is 204 g/mol. The summed E-state index contributed by atoms with van der Waals surface area (Å²) in [5.41, 5.74) is 5.68. The molecule has 0 aliphatic carbocycles. The number of likely N-dealkylation sites (tertiary alicyclic amines) is 1. The number of amides is 1. The van der Waals surface area contributed by atoms with Crippen molar-refractivity contribution in [3.63, 3.8) is 0 Å². The Morgan fingerprint density at radius 2 is 2.31 bits per heavy atom. The molecule has 0 radical (unpaired) electrons. The third-order valence-electron chi connectivity index (χ3n) is 3.86. The minimum Gasteiger partial charge on any atom is -0.378 e. The van der Waals surface area contributed by atoms with Gasteiger partial charge in [-0.2, -0.15) is 0 Å². The van der Waals surface area contributed by atoms with Crippen molar-refractivity contribution in [1.82, 2.24) is 4.90 Å². The van der Waals surface area contributed by atoms with E-state index in [9.17, 15) is 4.79 Å². The van der Waals surface area contributed by atoms with Crippen LogP contribution in [0.15, 0.2) is 0 Å². The van der Waals surface area contributed by atoms with Gasteiger partial charge in [-0.3, -0.25) is 4.79 Å². The van der Waals surface area contributed by atoms with E-state index >= 15 is 0 Å². The van der Waals surface area contributed by atoms with E-state index in [-0.39, 0.29) is 17.9 Å². The van der Waals surface area contributed by atoms with Crippen LogP contribution in [0, 0.1) is 11.8 Å². The van der Waals surface area contributed by atoms with Crippen LogP contribution in [0.25, 0.3) is 0 Å². The minimum atomic E-state index is 0.0801. The summed E-state index contributed by atoms with van der Waals surface area (Å²) in [7, 11) is 0. The smallest absolute Gasteiger partial charge is 0.228 e. The quantitative estimate of drug-likeness (QED) is 0.750. The van der Waals surface area contributed by atoms with Crippen molar-refractivity contribution in [2.45, 2.75) is 32.3 Å². The van der Waals surface area contributed by atoms with Gasteiger partial charge in [0.05, 0.1) is 12.0 Å². The first-order valence-corrected chi connectivity index (χ1v) is 6.33. The van der Waals surface area contributed by atoms with Crippen LogP contribution in [0.2, 0.25) is 0 Å². The Hall–Kier alpha value is -0.610. The maximum absolute atomic E-state index is 12.3. The molecule has 2 aliphatic rings. The monoisotopic (exact) mass is 226 g/mol. The molecule has 0 aromatic carbocycles. The van der Waals surface area contributed by atoms with E-state index in [0.717, 1.165) is 39.0 Å². The minimum absolute atomic E-state index is 0.0801. The zero-order valence-corrected chi connectivity index (χ0v) is 10.0. The second-order valence-corrected chi connectivity index (χ2v) is 5.00. The lowest BCUT2D eigenvalue weighted by Crippen LogP contribution is -2.45. The molecule has 2 fully saturated rings. The second-order valence-electron chi connectivity index (χ2n) is 5.00. The SMILES string of the molecule is CC1OCCC1C(=O)N1CCCC(CN)C1. The van der Waals surface area contributed by atoms with Gasteiger partial charge in [0, 0.05) is 19.7 Å². The van der Waals surface area contributed by atoms with Crippen LogP contribution in [0.5, 0.6) is 0 Å². The highest BCUT2D eigenvalue weighted by molar-refractivity contribution is 5.79. The van der Waals surface area contributed by atoms with Gasteiger partial charge in [-0.15, -0.1) is 0 Å². The Morgan fingerprint density at radius 3 is 2.94 bits per heavy atom. The van der Waals surface area contributed by atoms with Crippen molar-refractivity contribution in [2.24, 2.45) is 17.6 Å². The molecule has 3 atom stereocenters. The van der Waals surface area contributed by atoms with Gasteiger partial charge >= 0.3 is 0 Å². The van der Waals surface area contributed by atoms with Crippen LogP contribution in [0.1, 0.15) is 26.2 Å². The first kappa shape index (κ1) is 11.9. The van der Waals surface area contributed by atoms with E-state index < -0.39 is 0 Å². The number of nitrogens with two attached hydrogens (primary N) is 1. The Balaban J connectivity index is 1.93. The Kier molecular flexibility index (Phi) is 3.82. The second kappa shape index (κ2) is 5.15. The molecule has 2 rings (SSSR count). The molecule has 92 valence electrons. The van der Waals surface area contributed by atoms with Crippen molar-refractivity contribution in [1.29, 1.82) is 0 Å². The highest BCUT2D eigenvalue weighted by atomic mass is 16.5. The first-order valence-electron chi connectivity index (χ1n) is 6.33. The lowest BCUT2D eigenvalue weighted by atomic mass is 9.95. The van der Waals surface area contributed by atoms with Gasteiger partial charge < -0.3 is 15.4 Å². The molecule has 3 unspecified atom stereocenters. The van der Waals surface area contributed by atoms with Gasteiger partial charge in [0.15, 0.2) is 0 Å². The van der Waals surface area contributed by atoms with E-state index in [2.05, 4.69) is 0 Å². The Labute approximate surface area is 97.1 Å². The molecule has 2 aliphatic heterocycles. The number of piperidine rings is 1. The van der Waals surface area contributed by atoms with Gasteiger partial charge in [-0.25, -0.2) is 0 Å². The van der Waals surface area contributed by atoms with Crippen molar-refractivity contribution in [3.8, 4) is 0 Å². The standard InChI is InChI=1S/C12H22N2O2/c1-9-11(4-6-16-9)12(15)14-5-2-3-10(7-13)8-14/h9-11H,2-8,13H2,1H3. The molecule has 0 aromatic heterocycles. The summed E-state index contributed by atoms with van der Waals surface area (Å²) in [5.74, 6) is 0.856. The third kappa shape index (κ3) is 2.38. The summed E-state index contributed by atoms with van der Waals surface area (Å²) in [6.45, 7) is 5.17. The van der Waals surface area contributed by atoms with Gasteiger partial charge in [-0.1, -0.05) is 0 Å². The fourth-order valence-corrected chi connectivity index (χ4v) is 2.75. The maximum Gasteiger partial charge on any atom is 0.228 e. The van der Waals surface area contributed by atoms with Crippen LogP contribution in [-0.4, -0.2) is 43.2 Å². The highest BCUT2D eigenvalue weighted by Gasteiger charge is 2.35. The number of hydrogen-bond acceptors (Lipinski definition) is 3. The number of ether oxygens (including phenoxy) is 1. The van der Waals surface area contributed by atoms with E-state index in [4.69, 9.17) is 10.5 Å². The van der Waals surface area contributed by atoms with Crippen molar-refractivity contribution < 1.29 is 9.53 Å². The first-order chi connectivity index (χ1) is 7.72. The van der Waals surface area contributed by atoms with Crippen LogP contribution < -0.4 is 5.73 Å². The molecule has 0 bridgehead atoms. The average molecular weight is 226 g/mol. The molecule has 0 aromatic rings. The molecule has 2 heterocycles. The van der Waals surface area contributed by atoms with Gasteiger partial charge in [0.1, 0.15) is 0 Å². The maximum atomic E-state index is 12.3. The fourth-order valence-electron chi connectivity index (χ4n) is 2.75. The molecular formula is C12H22N2O2. The molecule has 16 heavy (non-hydrogen) atoms. The molecule has 0 spiro atoms. The normalized spacial score (nSPS) is 35.4. The molecule has 2 saturated heterocycles. The van der Waals surface area contributed by atoms with Crippen LogP contribution in [0.4, 0.5) is 0 Å². The largest absolute Gasteiger partial charge is 0.378 e. The summed E-state index contributed by atoms with van der Waals surface area (Å²) in [5, 5.41) is 0. The number of carbonyl (C=O) groups excluding carboxylic acids is 1. The van der Waals surface area contributed by atoms with Crippen LogP contribution >= 0.6 is 0 Å². The predicted octanol–water partition coefficient (Wildman–Crippen LogP) is 0.609. The fraction of sp³-hybridized carbons (Fsp3) is 0.917. The molecule has 2 N–H and O–H groups in total. The van der Waals surface area contributed by atoms with E-state index in [0.29, 0.717) is 12.5 Å². The van der Waals surface area contributed by atoms with Gasteiger partial charge in [-0.05, 0) is 38.6 Å². The number of carbonyl (C=O) groups is 1. The summed E-state index contributed by atoms with van der Waals surface area (Å²) in [6.07, 6.45) is 3.22. The zero-order valence-electron chi connectivity index (χ0n) is 10.0. The number of hydrogen-bond donors (Lipinski definition) is 1. The lowest BCUT2D eigenvalue weighted by Gasteiger charge is -2.34. The number of rotatable bonds is 2. The van der Waals surface area contributed by atoms with E-state index in [1.165, 1.54) is 0 Å².